The molecule has 0 saturated carbocycles. The Kier molecular flexibility index (Phi) is 15.0. The largest absolute Gasteiger partial charge is 0.351 e. The average molecular weight is 1140 g/mol. The first-order chi connectivity index (χ1) is 40.8. The summed E-state index contributed by atoms with van der Waals surface area (Å²) >= 11 is 0. The minimum absolute atomic E-state index is 0.111. The number of aromatic nitrogens is 10. The molecule has 20 nitrogen and oxygen atoms in total. The van der Waals surface area contributed by atoms with Crippen molar-refractivity contribution in [2.45, 2.75) is 89.4 Å². The standard InChI is InChI=1S/2C31H34FN9O/c2*1-19(35-31(42)40-11-9-39(2)10-12-40)27-18-34-41-29(27)37-28(22-14-23(32)17-33-16-22)38-30(41)36-24-8-7-21-13-20-5-3-4-6-25(20)26(21)15-24/h2*3-6,14,16-19,24H,7-13,15H2,1-2H3,(H,35,42)(H,36,37,38)/t19-,24+;19-,24-/m01/s1. The van der Waals surface area contributed by atoms with Crippen LogP contribution in [0.3, 0.4) is 0 Å². The lowest BCUT2D eigenvalue weighted by Gasteiger charge is -2.33. The van der Waals surface area contributed by atoms with Crippen molar-refractivity contribution < 1.29 is 18.4 Å². The lowest BCUT2D eigenvalue weighted by atomic mass is 9.88. The van der Waals surface area contributed by atoms with Crippen LogP contribution >= 0.6 is 0 Å². The molecule has 2 aromatic carbocycles. The number of amides is 4. The van der Waals surface area contributed by atoms with Gasteiger partial charge >= 0.3 is 12.1 Å². The highest BCUT2D eigenvalue weighted by molar-refractivity contribution is 5.80. The maximum absolute atomic E-state index is 14.2. The predicted octanol–water partition coefficient (Wildman–Crippen LogP) is 8.64. The highest BCUT2D eigenvalue weighted by Crippen LogP contribution is 2.44. The van der Waals surface area contributed by atoms with Crippen molar-refractivity contribution in [3.8, 4) is 22.8 Å². The molecule has 6 aliphatic rings. The van der Waals surface area contributed by atoms with Gasteiger partial charge in [-0.3, -0.25) is 9.97 Å². The second-order valence-corrected chi connectivity index (χ2v) is 23.1. The van der Waals surface area contributed by atoms with Gasteiger partial charge in [-0.2, -0.15) is 29.2 Å². The molecule has 8 aromatic rings. The fourth-order valence-corrected chi connectivity index (χ4v) is 12.6. The number of urea groups is 2. The molecule has 0 bridgehead atoms. The summed E-state index contributed by atoms with van der Waals surface area (Å²) in [6.45, 7) is 9.96. The van der Waals surface area contributed by atoms with Gasteiger partial charge in [0.25, 0.3) is 0 Å². The number of nitrogens with zero attached hydrogens (tertiary/aromatic N) is 14. The number of carbonyl (C=O) groups is 2. The monoisotopic (exact) mass is 1130 g/mol. The van der Waals surface area contributed by atoms with Gasteiger partial charge in [0.1, 0.15) is 11.6 Å². The molecule has 0 radical (unpaired) electrons. The lowest BCUT2D eigenvalue weighted by Crippen LogP contribution is -2.51. The van der Waals surface area contributed by atoms with Gasteiger partial charge in [-0.15, -0.1) is 0 Å². The second kappa shape index (κ2) is 23.1. The van der Waals surface area contributed by atoms with Crippen molar-refractivity contribution >= 4 is 46.4 Å². The first-order valence-electron chi connectivity index (χ1n) is 29.2. The number of piperazine rings is 2. The van der Waals surface area contributed by atoms with Crippen LogP contribution in [0.4, 0.5) is 30.3 Å². The number of rotatable bonds is 10. The molecule has 4 amide bonds. The number of nitrogens with one attached hydrogen (secondary N) is 4. The minimum atomic E-state index is -0.460. The van der Waals surface area contributed by atoms with Crippen LogP contribution in [0.2, 0.25) is 0 Å². The van der Waals surface area contributed by atoms with Crippen LogP contribution in [0.15, 0.2) is 109 Å². The number of hydrogen-bond donors (Lipinski definition) is 4. The first kappa shape index (κ1) is 54.5. The number of allylic oxidation sites excluding steroid dienone is 2. The van der Waals surface area contributed by atoms with E-state index in [0.717, 1.165) is 101 Å². The van der Waals surface area contributed by atoms with E-state index < -0.39 is 11.6 Å². The number of carbonyl (C=O) groups excluding carboxylic acids is 2. The Morgan fingerprint density at radius 3 is 1.38 bits per heavy atom. The molecule has 0 unspecified atom stereocenters. The summed E-state index contributed by atoms with van der Waals surface area (Å²) in [5.41, 5.74) is 15.0. The van der Waals surface area contributed by atoms with E-state index in [1.807, 2.05) is 23.6 Å². The highest BCUT2D eigenvalue weighted by Gasteiger charge is 2.32. The molecule has 6 aromatic heterocycles. The normalized spacial score (nSPS) is 19.5. The predicted molar refractivity (Wildman–Crippen MR) is 317 cm³/mol. The molecule has 2 fully saturated rings. The number of likely N-dealkylation sites (N-methyl/N-ethyl adjacent to an activating group) is 2. The van der Waals surface area contributed by atoms with Crippen molar-refractivity contribution in [3.63, 3.8) is 0 Å². The Labute approximate surface area is 485 Å². The van der Waals surface area contributed by atoms with E-state index in [2.05, 4.69) is 114 Å². The zero-order valence-electron chi connectivity index (χ0n) is 47.7. The van der Waals surface area contributed by atoms with E-state index in [4.69, 9.17) is 19.9 Å². The topological polar surface area (TPSA) is 207 Å². The molecule has 4 N–H and O–H groups in total. The molecule has 4 atom stereocenters. The quantitative estimate of drug-likeness (QED) is 0.101. The SMILES string of the molecule is C[C@@H](NC(=O)N1CCN(C)CC1)c1cnn2c(N[C@@H]3CCC4=C(C3)c3ccccc3C4)nc(-c3cncc(F)c3)nc12.C[C@H](NC(=O)N1CCN(C)CC1)c1cnn2c(N[C@@H]3CCC4=C(C3)c3ccccc3C4)nc(-c3cncc(F)c3)nc12. The third-order valence-electron chi connectivity index (χ3n) is 17.4. The molecule has 0 spiro atoms. The molecule has 8 heterocycles. The summed E-state index contributed by atoms with van der Waals surface area (Å²) in [7, 11) is 4.12. The third-order valence-corrected chi connectivity index (χ3v) is 17.4. The van der Waals surface area contributed by atoms with E-state index in [1.54, 1.807) is 33.8 Å². The van der Waals surface area contributed by atoms with E-state index in [-0.39, 0.29) is 36.2 Å². The van der Waals surface area contributed by atoms with Gasteiger partial charge in [-0.05, 0) is 125 Å². The second-order valence-electron chi connectivity index (χ2n) is 23.1. The van der Waals surface area contributed by atoms with Crippen molar-refractivity contribution in [2.24, 2.45) is 0 Å². The smallest absolute Gasteiger partial charge is 0.317 e. The fourth-order valence-electron chi connectivity index (χ4n) is 12.6. The Morgan fingerprint density at radius 2 is 0.964 bits per heavy atom. The van der Waals surface area contributed by atoms with Gasteiger partial charge in [0.15, 0.2) is 22.9 Å². The number of halogens is 2. The van der Waals surface area contributed by atoms with Crippen LogP contribution in [-0.4, -0.2) is 159 Å². The Bertz CT molecular complexity index is 3630. The van der Waals surface area contributed by atoms with Crippen LogP contribution in [0, 0.1) is 11.6 Å². The summed E-state index contributed by atoms with van der Waals surface area (Å²) in [6, 6.07) is 19.4. The van der Waals surface area contributed by atoms with Gasteiger partial charge in [0, 0.05) is 99.1 Å². The molecular weight excluding hydrogens is 1070 g/mol. The average Bonchev–Trinajstić information content (AvgIpc) is 2.92. The van der Waals surface area contributed by atoms with E-state index in [1.165, 1.54) is 56.7 Å². The zero-order valence-corrected chi connectivity index (χ0v) is 47.7. The van der Waals surface area contributed by atoms with Crippen LogP contribution in [0.25, 0.3) is 45.2 Å². The molecule has 432 valence electrons. The van der Waals surface area contributed by atoms with Gasteiger partial charge in [0.2, 0.25) is 11.9 Å². The summed E-state index contributed by atoms with van der Waals surface area (Å²) in [5, 5.41) is 22.8. The van der Waals surface area contributed by atoms with Gasteiger partial charge in [-0.1, -0.05) is 59.7 Å². The van der Waals surface area contributed by atoms with Gasteiger partial charge in [-0.25, -0.2) is 28.3 Å². The van der Waals surface area contributed by atoms with E-state index in [9.17, 15) is 18.4 Å². The maximum Gasteiger partial charge on any atom is 0.317 e. The molecule has 2 saturated heterocycles. The molecule has 84 heavy (non-hydrogen) atoms. The van der Waals surface area contributed by atoms with Crippen LogP contribution < -0.4 is 21.3 Å². The minimum Gasteiger partial charge on any atom is -0.351 e. The summed E-state index contributed by atoms with van der Waals surface area (Å²) in [6.07, 6.45) is 16.7. The van der Waals surface area contributed by atoms with Gasteiger partial charge in [0.05, 0.1) is 36.9 Å². The molecule has 14 rings (SSSR count). The molecule has 22 heteroatoms. The van der Waals surface area contributed by atoms with E-state index >= 15 is 0 Å². The number of fused-ring (bicyclic) bond motifs is 6. The Hall–Kier alpha value is -8.76. The third kappa shape index (κ3) is 11.1. The van der Waals surface area contributed by atoms with Crippen LogP contribution in [0.5, 0.6) is 0 Å². The number of hydrogen-bond acceptors (Lipinski definition) is 14. The van der Waals surface area contributed by atoms with Crippen LogP contribution in [0.1, 0.15) is 97.8 Å². The summed E-state index contributed by atoms with van der Waals surface area (Å²) in [5.74, 6) is 0.834. The molecular formula is C62H68F2N18O2. The van der Waals surface area contributed by atoms with Crippen molar-refractivity contribution in [1.82, 2.24) is 79.4 Å². The lowest BCUT2D eigenvalue weighted by molar-refractivity contribution is 0.152. The van der Waals surface area contributed by atoms with E-state index in [0.29, 0.717) is 72.1 Å². The molecule has 4 aliphatic carbocycles. The van der Waals surface area contributed by atoms with Crippen molar-refractivity contribution in [1.29, 1.82) is 0 Å². The van der Waals surface area contributed by atoms with Crippen LogP contribution in [-0.2, 0) is 12.8 Å². The van der Waals surface area contributed by atoms with Crippen molar-refractivity contribution in [3.05, 3.63) is 154 Å². The fraction of sp³-hybridized carbons (Fsp3) is 0.387. The summed E-state index contributed by atoms with van der Waals surface area (Å²) in [4.78, 5) is 61.4. The van der Waals surface area contributed by atoms with Crippen molar-refractivity contribution in [2.75, 3.05) is 77.1 Å². The highest BCUT2D eigenvalue weighted by atomic mass is 19.1. The summed E-state index contributed by atoms with van der Waals surface area (Å²) < 4.78 is 31.7. The molecule has 2 aliphatic heterocycles. The maximum atomic E-state index is 14.2. The Morgan fingerprint density at radius 1 is 0.548 bits per heavy atom. The number of benzene rings is 2. The first-order valence-corrected chi connectivity index (χ1v) is 29.2. The Balaban J connectivity index is 0.000000157. The zero-order chi connectivity index (χ0) is 57.6. The number of pyridine rings is 2. The number of anilines is 2. The van der Waals surface area contributed by atoms with Gasteiger partial charge < -0.3 is 40.9 Å².